The van der Waals surface area contributed by atoms with Crippen LogP contribution in [0.4, 0.5) is 5.82 Å². The molecule has 0 radical (unpaired) electrons. The molecule has 1 aromatic heterocycles. The fraction of sp³-hybridized carbons (Fsp3) is 0.476. The van der Waals surface area contributed by atoms with Gasteiger partial charge in [0.1, 0.15) is 17.9 Å². The van der Waals surface area contributed by atoms with E-state index in [1.54, 1.807) is 6.82 Å². The summed E-state index contributed by atoms with van der Waals surface area (Å²) in [4.78, 5) is 8.60. The Morgan fingerprint density at radius 2 is 1.93 bits per heavy atom. The van der Waals surface area contributed by atoms with Crippen LogP contribution in [-0.2, 0) is 5.41 Å². The Hall–Kier alpha value is -2.65. The number of nitrogens with two attached hydrogens (primary N) is 1. The van der Waals surface area contributed by atoms with Crippen molar-refractivity contribution in [2.75, 3.05) is 5.73 Å². The highest BCUT2D eigenvalue weighted by Gasteiger charge is 2.40. The molecule has 0 aliphatic heterocycles. The summed E-state index contributed by atoms with van der Waals surface area (Å²) >= 11 is 0. The van der Waals surface area contributed by atoms with Crippen molar-refractivity contribution in [1.29, 1.82) is 0 Å². The number of nitrogens with one attached hydrogen (secondary N) is 1. The molecule has 2 aliphatic rings. The molecule has 0 bridgehead atoms. The molecule has 0 unspecified atom stereocenters. The average Bonchev–Trinajstić information content (AvgIpc) is 2.69. The van der Waals surface area contributed by atoms with E-state index in [2.05, 4.69) is 20.4 Å². The van der Waals surface area contributed by atoms with Gasteiger partial charge >= 0.3 is 7.05 Å². The summed E-state index contributed by atoms with van der Waals surface area (Å²) in [6.07, 6.45) is 5.33. The van der Waals surface area contributed by atoms with Gasteiger partial charge in [-0.25, -0.2) is 9.97 Å². The quantitative estimate of drug-likeness (QED) is 0.347. The van der Waals surface area contributed by atoms with Gasteiger partial charge in [0.2, 0.25) is 0 Å². The van der Waals surface area contributed by atoms with E-state index >= 15 is 0 Å². The summed E-state index contributed by atoms with van der Waals surface area (Å²) in [5, 5.41) is 26.1. The van der Waals surface area contributed by atoms with Gasteiger partial charge in [0.15, 0.2) is 0 Å². The van der Waals surface area contributed by atoms with Gasteiger partial charge in [-0.2, -0.15) is 0 Å². The number of aromatic nitrogens is 2. The second kappa shape index (κ2) is 7.88. The normalized spacial score (nSPS) is 23.5. The summed E-state index contributed by atoms with van der Waals surface area (Å²) in [7, 11) is -0.492. The lowest BCUT2D eigenvalue weighted by Gasteiger charge is -2.35. The third kappa shape index (κ3) is 3.63. The van der Waals surface area contributed by atoms with E-state index in [0.29, 0.717) is 17.6 Å². The second-order valence-corrected chi connectivity index (χ2v) is 8.70. The Morgan fingerprint density at radius 1 is 1.20 bits per heavy atom. The van der Waals surface area contributed by atoms with Crippen molar-refractivity contribution in [2.45, 2.75) is 63.9 Å². The third-order valence-electron chi connectivity index (χ3n) is 6.15. The zero-order valence-electron chi connectivity index (χ0n) is 17.6. The molecule has 0 atom stereocenters. The van der Waals surface area contributed by atoms with Crippen molar-refractivity contribution in [3.63, 3.8) is 0 Å². The van der Waals surface area contributed by atoms with Crippen LogP contribution in [0.2, 0.25) is 6.82 Å². The Bertz CT molecular complexity index is 971. The molecule has 1 fully saturated rings. The number of nitrogen functional groups attached to an aromatic ring is 1. The van der Waals surface area contributed by atoms with E-state index in [9.17, 15) is 10.2 Å². The molecule has 1 aromatic carbocycles. The molecular weight excluding hydrogens is 381 g/mol. The Labute approximate surface area is 176 Å². The van der Waals surface area contributed by atoms with Crippen LogP contribution < -0.4 is 15.7 Å². The first-order valence-electron chi connectivity index (χ1n) is 10.4. The van der Waals surface area contributed by atoms with E-state index in [1.807, 2.05) is 32.0 Å². The lowest BCUT2D eigenvalue weighted by molar-refractivity contribution is 0.143. The molecule has 8 nitrogen and oxygen atoms in total. The largest absolute Gasteiger partial charge is 0.490 e. The predicted molar refractivity (Wildman–Crippen MR) is 117 cm³/mol. The number of hydrogen-bond acceptors (Lipinski definition) is 8. The summed E-state index contributed by atoms with van der Waals surface area (Å²) in [6.45, 7) is 5.65. The van der Waals surface area contributed by atoms with E-state index in [4.69, 9.17) is 10.5 Å². The molecule has 4 rings (SSSR count). The lowest BCUT2D eigenvalue weighted by atomic mass is 9.70. The van der Waals surface area contributed by atoms with Crippen molar-refractivity contribution >= 4 is 18.6 Å². The maximum atomic E-state index is 9.84. The Balaban J connectivity index is 1.61. The molecule has 0 saturated heterocycles. The van der Waals surface area contributed by atoms with Crippen LogP contribution >= 0.6 is 0 Å². The zero-order chi connectivity index (χ0) is 21.5. The first-order chi connectivity index (χ1) is 14.3. The van der Waals surface area contributed by atoms with Crippen LogP contribution in [0.3, 0.4) is 0 Å². The smallest absolute Gasteiger partial charge is 0.373 e. The fourth-order valence-corrected chi connectivity index (χ4v) is 4.73. The zero-order valence-corrected chi connectivity index (χ0v) is 17.6. The topological polar surface area (TPSA) is 126 Å². The molecule has 1 saturated carbocycles. The van der Waals surface area contributed by atoms with Gasteiger partial charge in [0, 0.05) is 22.1 Å². The molecule has 0 spiro atoms. The monoisotopic (exact) mass is 409 g/mol. The summed E-state index contributed by atoms with van der Waals surface area (Å²) < 4.78 is 6.26. The van der Waals surface area contributed by atoms with Gasteiger partial charge in [-0.05, 0) is 70.6 Å². The van der Waals surface area contributed by atoms with Gasteiger partial charge in [-0.1, -0.05) is 5.16 Å². The van der Waals surface area contributed by atoms with Gasteiger partial charge in [0.05, 0.1) is 17.5 Å². The van der Waals surface area contributed by atoms with Crippen LogP contribution in [0.25, 0.3) is 11.3 Å². The number of ether oxygens (including phenoxy) is 1. The summed E-state index contributed by atoms with van der Waals surface area (Å²) in [6, 6.07) is 6.11. The molecule has 9 heteroatoms. The number of anilines is 1. The number of rotatable bonds is 4. The fourth-order valence-electron chi connectivity index (χ4n) is 4.73. The third-order valence-corrected chi connectivity index (χ3v) is 6.15. The highest BCUT2D eigenvalue weighted by molar-refractivity contribution is 6.45. The van der Waals surface area contributed by atoms with Crippen molar-refractivity contribution in [2.24, 2.45) is 5.16 Å². The van der Waals surface area contributed by atoms with Crippen LogP contribution in [0.5, 0.6) is 5.75 Å². The first kappa shape index (κ1) is 20.6. The highest BCUT2D eigenvalue weighted by Crippen LogP contribution is 2.45. The number of hydrogen-bond donors (Lipinski definition) is 4. The molecule has 5 N–H and O–H groups in total. The van der Waals surface area contributed by atoms with Crippen LogP contribution in [0, 0.1) is 0 Å². The number of benzene rings is 1. The SMILES string of the molecule is CB(O)N[C@H]1CC[C@H](Oc2ccc3c(c2)C(=NO)C(C)(C)c2c(N)ncnc2-3)CC1. The second-order valence-electron chi connectivity index (χ2n) is 8.70. The predicted octanol–water partition coefficient (Wildman–Crippen LogP) is 2.59. The van der Waals surface area contributed by atoms with Crippen molar-refractivity contribution in [3.05, 3.63) is 35.7 Å². The minimum absolute atomic E-state index is 0.117. The van der Waals surface area contributed by atoms with E-state index in [-0.39, 0.29) is 6.10 Å². The molecule has 2 aliphatic carbocycles. The molecular formula is C21H28BN5O3. The Kier molecular flexibility index (Phi) is 5.42. The summed E-state index contributed by atoms with van der Waals surface area (Å²) in [5.74, 6) is 1.13. The first-order valence-corrected chi connectivity index (χ1v) is 10.4. The average molecular weight is 409 g/mol. The molecule has 0 amide bonds. The maximum Gasteiger partial charge on any atom is 0.373 e. The minimum Gasteiger partial charge on any atom is -0.490 e. The van der Waals surface area contributed by atoms with Gasteiger partial charge < -0.3 is 25.9 Å². The standard InChI is InChI=1S/C21H28BN5O3/c1-21(2)17-18(24-11-25-20(17)23)15-9-8-14(10-16(15)19(21)27-29)30-13-6-4-12(5-7-13)26-22(3)28/h8-13,26,28-29H,4-7H2,1-3H3,(H2,23,24,25)/t12-,13-. The van der Waals surface area contributed by atoms with Crippen molar-refractivity contribution < 1.29 is 15.0 Å². The molecule has 2 aromatic rings. The number of nitrogens with zero attached hydrogens (tertiary/aromatic N) is 3. The van der Waals surface area contributed by atoms with Crippen LogP contribution in [0.15, 0.2) is 29.7 Å². The molecule has 1 heterocycles. The van der Waals surface area contributed by atoms with Crippen LogP contribution in [-0.4, -0.2) is 45.1 Å². The van der Waals surface area contributed by atoms with Gasteiger partial charge in [-0.15, -0.1) is 0 Å². The van der Waals surface area contributed by atoms with Gasteiger partial charge in [-0.3, -0.25) is 0 Å². The maximum absolute atomic E-state index is 9.84. The number of oxime groups is 1. The van der Waals surface area contributed by atoms with Crippen molar-refractivity contribution in [3.8, 4) is 17.0 Å². The van der Waals surface area contributed by atoms with Gasteiger partial charge in [0.25, 0.3) is 0 Å². The lowest BCUT2D eigenvalue weighted by Crippen LogP contribution is -2.43. The molecule has 30 heavy (non-hydrogen) atoms. The summed E-state index contributed by atoms with van der Waals surface area (Å²) in [5.41, 5.74) is 9.18. The highest BCUT2D eigenvalue weighted by atomic mass is 16.5. The Morgan fingerprint density at radius 3 is 2.60 bits per heavy atom. The molecule has 158 valence electrons. The van der Waals surface area contributed by atoms with Crippen molar-refractivity contribution in [1.82, 2.24) is 15.2 Å². The van der Waals surface area contributed by atoms with Crippen LogP contribution in [0.1, 0.15) is 50.7 Å². The minimum atomic E-state index is -0.647. The van der Waals surface area contributed by atoms with E-state index < -0.39 is 12.5 Å². The van der Waals surface area contributed by atoms with E-state index in [0.717, 1.165) is 53.8 Å². The number of fused-ring (bicyclic) bond motifs is 3. The van der Waals surface area contributed by atoms with E-state index in [1.165, 1.54) is 6.33 Å².